The third-order valence-electron chi connectivity index (χ3n) is 5.21. The smallest absolute Gasteiger partial charge is 0.341 e. The number of anilines is 1. The van der Waals surface area contributed by atoms with Crippen LogP contribution in [-0.2, 0) is 29.1 Å². The molecule has 0 saturated carbocycles. The van der Waals surface area contributed by atoms with E-state index in [-0.39, 0.29) is 18.3 Å². The molecule has 1 amide bonds. The predicted molar refractivity (Wildman–Crippen MR) is 140 cm³/mol. The number of carbonyl (C=O) groups is 2. The Hall–Kier alpha value is -3.11. The van der Waals surface area contributed by atoms with E-state index >= 15 is 0 Å². The predicted octanol–water partition coefficient (Wildman–Crippen LogP) is 5.11. The van der Waals surface area contributed by atoms with Crippen LogP contribution in [0.1, 0.15) is 44.7 Å². The number of nitrogens with one attached hydrogen (secondary N) is 1. The minimum absolute atomic E-state index is 0.103. The number of benzene rings is 1. The lowest BCUT2D eigenvalue weighted by atomic mass is 10.1. The number of aromatic nitrogens is 3. The standard InChI is InChI=1S/C25H30N4O4S2/c1-7-9-29-20(13-33-18-11-15(3)10-16(4)12-18)27-28-25(29)34-14-21(30)26-23-22(24(31)32-6)19(8-2)17(5)35-23/h7,10-12H,1,8-9,13-14H2,2-6H3,(H,26,30). The van der Waals surface area contributed by atoms with Crippen molar-refractivity contribution in [3.05, 3.63) is 63.8 Å². The fourth-order valence-corrected chi connectivity index (χ4v) is 5.63. The Labute approximate surface area is 213 Å². The summed E-state index contributed by atoms with van der Waals surface area (Å²) >= 11 is 2.64. The molecule has 0 aliphatic carbocycles. The second kappa shape index (κ2) is 12.0. The van der Waals surface area contributed by atoms with Crippen molar-refractivity contribution in [2.75, 3.05) is 18.2 Å². The van der Waals surface area contributed by atoms with Crippen molar-refractivity contribution < 1.29 is 19.1 Å². The van der Waals surface area contributed by atoms with Crippen LogP contribution in [0.5, 0.6) is 5.75 Å². The summed E-state index contributed by atoms with van der Waals surface area (Å²) in [5.41, 5.74) is 3.56. The number of rotatable bonds is 11. The monoisotopic (exact) mass is 514 g/mol. The first-order chi connectivity index (χ1) is 16.8. The average Bonchev–Trinajstić information content (AvgIpc) is 3.34. The van der Waals surface area contributed by atoms with Gasteiger partial charge in [-0.1, -0.05) is 30.8 Å². The van der Waals surface area contributed by atoms with E-state index in [2.05, 4.69) is 28.2 Å². The zero-order chi connectivity index (χ0) is 25.5. The van der Waals surface area contributed by atoms with Crippen LogP contribution in [0.4, 0.5) is 5.00 Å². The molecule has 1 N–H and O–H groups in total. The number of thioether (sulfide) groups is 1. The molecule has 0 spiro atoms. The number of methoxy groups -OCH3 is 1. The van der Waals surface area contributed by atoms with Crippen molar-refractivity contribution in [2.24, 2.45) is 0 Å². The topological polar surface area (TPSA) is 95.3 Å². The van der Waals surface area contributed by atoms with Gasteiger partial charge in [0.15, 0.2) is 11.0 Å². The molecule has 0 radical (unpaired) electrons. The maximum absolute atomic E-state index is 12.7. The summed E-state index contributed by atoms with van der Waals surface area (Å²) in [6.45, 7) is 12.5. The Morgan fingerprint density at radius 1 is 1.20 bits per heavy atom. The molecule has 0 atom stereocenters. The van der Waals surface area contributed by atoms with Crippen molar-refractivity contribution >= 4 is 40.0 Å². The van der Waals surface area contributed by atoms with Gasteiger partial charge in [0, 0.05) is 11.4 Å². The molecule has 2 aromatic heterocycles. The Bertz CT molecular complexity index is 1210. The van der Waals surface area contributed by atoms with Gasteiger partial charge >= 0.3 is 5.97 Å². The molecule has 0 aliphatic heterocycles. The van der Waals surface area contributed by atoms with Crippen molar-refractivity contribution in [2.45, 2.75) is 52.4 Å². The van der Waals surface area contributed by atoms with Gasteiger partial charge in [0.1, 0.15) is 17.4 Å². The largest absolute Gasteiger partial charge is 0.486 e. The highest BCUT2D eigenvalue weighted by atomic mass is 32.2. The van der Waals surface area contributed by atoms with Crippen molar-refractivity contribution in [1.82, 2.24) is 14.8 Å². The summed E-state index contributed by atoms with van der Waals surface area (Å²) in [4.78, 5) is 26.0. The second-order valence-electron chi connectivity index (χ2n) is 7.93. The molecular weight excluding hydrogens is 484 g/mol. The normalized spacial score (nSPS) is 10.8. The van der Waals surface area contributed by atoms with E-state index in [1.807, 2.05) is 44.4 Å². The van der Waals surface area contributed by atoms with Gasteiger partial charge in [0.05, 0.1) is 18.4 Å². The first-order valence-corrected chi connectivity index (χ1v) is 12.9. The third-order valence-corrected chi connectivity index (χ3v) is 7.24. The van der Waals surface area contributed by atoms with E-state index in [9.17, 15) is 9.59 Å². The van der Waals surface area contributed by atoms with Gasteiger partial charge in [-0.15, -0.1) is 28.1 Å². The summed E-state index contributed by atoms with van der Waals surface area (Å²) in [5, 5.41) is 12.5. The number of nitrogens with zero attached hydrogens (tertiary/aromatic N) is 3. The van der Waals surface area contributed by atoms with Gasteiger partial charge in [-0.3, -0.25) is 9.36 Å². The first-order valence-electron chi connectivity index (χ1n) is 11.1. The fraction of sp³-hybridized carbons (Fsp3) is 0.360. The van der Waals surface area contributed by atoms with E-state index in [0.29, 0.717) is 34.5 Å². The average molecular weight is 515 g/mol. The van der Waals surface area contributed by atoms with Crippen LogP contribution >= 0.6 is 23.1 Å². The highest BCUT2D eigenvalue weighted by Gasteiger charge is 2.23. The van der Waals surface area contributed by atoms with E-state index in [4.69, 9.17) is 9.47 Å². The van der Waals surface area contributed by atoms with E-state index in [0.717, 1.165) is 27.3 Å². The van der Waals surface area contributed by atoms with Crippen LogP contribution < -0.4 is 10.1 Å². The molecule has 8 nitrogen and oxygen atoms in total. The maximum atomic E-state index is 12.7. The molecular formula is C25H30N4O4S2. The van der Waals surface area contributed by atoms with Gasteiger partial charge < -0.3 is 14.8 Å². The van der Waals surface area contributed by atoms with Crippen molar-refractivity contribution in [3.63, 3.8) is 0 Å². The lowest BCUT2D eigenvalue weighted by Crippen LogP contribution is -2.17. The SMILES string of the molecule is C=CCn1c(COc2cc(C)cc(C)c2)nnc1SCC(=O)Nc1sc(C)c(CC)c1C(=O)OC. The van der Waals surface area contributed by atoms with Crippen molar-refractivity contribution in [3.8, 4) is 5.75 Å². The molecule has 3 aromatic rings. The molecule has 35 heavy (non-hydrogen) atoms. The number of hydrogen-bond acceptors (Lipinski definition) is 8. The lowest BCUT2D eigenvalue weighted by molar-refractivity contribution is -0.113. The number of thiophene rings is 1. The van der Waals surface area contributed by atoms with Crippen LogP contribution in [-0.4, -0.2) is 39.5 Å². The number of allylic oxidation sites excluding steroid dienone is 1. The van der Waals surface area contributed by atoms with Gasteiger partial charge in [-0.2, -0.15) is 0 Å². The summed E-state index contributed by atoms with van der Waals surface area (Å²) in [7, 11) is 1.34. The zero-order valence-electron chi connectivity index (χ0n) is 20.6. The summed E-state index contributed by atoms with van der Waals surface area (Å²) in [6, 6.07) is 6.03. The van der Waals surface area contributed by atoms with Crippen LogP contribution in [0.2, 0.25) is 0 Å². The molecule has 0 saturated heterocycles. The summed E-state index contributed by atoms with van der Waals surface area (Å²) < 4.78 is 12.7. The quantitative estimate of drug-likeness (QED) is 0.216. The lowest BCUT2D eigenvalue weighted by Gasteiger charge is -2.10. The van der Waals surface area contributed by atoms with Crippen molar-refractivity contribution in [1.29, 1.82) is 0 Å². The van der Waals surface area contributed by atoms with E-state index in [1.165, 1.54) is 30.2 Å². The summed E-state index contributed by atoms with van der Waals surface area (Å²) in [6.07, 6.45) is 2.42. The Morgan fingerprint density at radius 3 is 2.54 bits per heavy atom. The summed E-state index contributed by atoms with van der Waals surface area (Å²) in [5.74, 6) is 0.815. The first kappa shape index (κ1) is 26.5. The van der Waals surface area contributed by atoms with E-state index < -0.39 is 5.97 Å². The Balaban J connectivity index is 1.69. The van der Waals surface area contributed by atoms with Gasteiger partial charge in [0.25, 0.3) is 0 Å². The van der Waals surface area contributed by atoms with Crippen LogP contribution in [0.25, 0.3) is 0 Å². The second-order valence-corrected chi connectivity index (χ2v) is 10.1. The number of amides is 1. The molecule has 186 valence electrons. The van der Waals surface area contributed by atoms with Crippen LogP contribution in [0, 0.1) is 20.8 Å². The molecule has 2 heterocycles. The molecule has 0 aliphatic rings. The molecule has 1 aromatic carbocycles. The van der Waals surface area contributed by atoms with Gasteiger partial charge in [0.2, 0.25) is 5.91 Å². The fourth-order valence-electron chi connectivity index (χ4n) is 3.71. The minimum atomic E-state index is -0.451. The highest BCUT2D eigenvalue weighted by Crippen LogP contribution is 2.34. The number of esters is 1. The zero-order valence-corrected chi connectivity index (χ0v) is 22.3. The Kier molecular flexibility index (Phi) is 9.11. The van der Waals surface area contributed by atoms with E-state index in [1.54, 1.807) is 6.08 Å². The molecule has 3 rings (SSSR count). The van der Waals surface area contributed by atoms with Gasteiger partial charge in [-0.25, -0.2) is 4.79 Å². The van der Waals surface area contributed by atoms with Gasteiger partial charge in [-0.05, 0) is 56.0 Å². The maximum Gasteiger partial charge on any atom is 0.341 e. The minimum Gasteiger partial charge on any atom is -0.486 e. The molecule has 0 fully saturated rings. The highest BCUT2D eigenvalue weighted by molar-refractivity contribution is 7.99. The van der Waals surface area contributed by atoms with Crippen LogP contribution in [0.15, 0.2) is 36.0 Å². The Morgan fingerprint density at radius 2 is 1.91 bits per heavy atom. The number of carbonyl (C=O) groups excluding carboxylic acids is 2. The molecule has 0 unspecified atom stereocenters. The van der Waals surface area contributed by atoms with Crippen LogP contribution in [0.3, 0.4) is 0 Å². The number of aryl methyl sites for hydroxylation is 3. The number of ether oxygens (including phenoxy) is 2. The molecule has 10 heteroatoms. The molecule has 0 bridgehead atoms. The number of hydrogen-bond donors (Lipinski definition) is 1. The third kappa shape index (κ3) is 6.52.